The summed E-state index contributed by atoms with van der Waals surface area (Å²) in [5.41, 5.74) is 2.30. The number of rotatable bonds is 6. The van der Waals surface area contributed by atoms with Gasteiger partial charge in [0.1, 0.15) is 31.4 Å². The van der Waals surface area contributed by atoms with Crippen LogP contribution in [0.3, 0.4) is 0 Å². The maximum atomic E-state index is 13.1. The number of anilines is 2. The van der Waals surface area contributed by atoms with Crippen LogP contribution >= 0.6 is 22.9 Å². The van der Waals surface area contributed by atoms with Gasteiger partial charge in [-0.05, 0) is 51.0 Å². The molecule has 12 heteroatoms. The lowest BCUT2D eigenvalue weighted by Gasteiger charge is -2.14. The number of aryl methyl sites for hydroxylation is 3. The lowest BCUT2D eigenvalue weighted by atomic mass is 10.0. The molecule has 0 saturated heterocycles. The summed E-state index contributed by atoms with van der Waals surface area (Å²) in [5.74, 6) is -1.36. The van der Waals surface area contributed by atoms with Crippen molar-refractivity contribution in [3.8, 4) is 6.07 Å². The third-order valence-electron chi connectivity index (χ3n) is 4.42. The minimum Gasteiger partial charge on any atom is -0.336 e. The van der Waals surface area contributed by atoms with E-state index >= 15 is 0 Å². The molecule has 1 amide bonds. The lowest BCUT2D eigenvalue weighted by molar-refractivity contribution is 0.101. The zero-order valence-corrected chi connectivity index (χ0v) is 19.8. The number of amides is 1. The zero-order chi connectivity index (χ0) is 23.8. The van der Waals surface area contributed by atoms with Crippen LogP contribution in [0.4, 0.5) is 11.6 Å². The van der Waals surface area contributed by atoms with Crippen LogP contribution in [0, 0.1) is 32.1 Å². The van der Waals surface area contributed by atoms with E-state index < -0.39 is 20.8 Å². The van der Waals surface area contributed by atoms with Crippen LogP contribution in [0.5, 0.6) is 0 Å². The molecule has 1 aromatic carbocycles. The number of benzene rings is 1. The van der Waals surface area contributed by atoms with E-state index in [1.54, 1.807) is 19.1 Å². The quantitative estimate of drug-likeness (QED) is 0.484. The minimum atomic E-state index is -4.36. The van der Waals surface area contributed by atoms with Crippen LogP contribution in [0.25, 0.3) is 0 Å². The lowest BCUT2D eigenvalue weighted by Crippen LogP contribution is -2.19. The van der Waals surface area contributed by atoms with Gasteiger partial charge in [0.05, 0.1) is 5.69 Å². The van der Waals surface area contributed by atoms with Crippen molar-refractivity contribution in [3.05, 3.63) is 55.4 Å². The molecule has 166 valence electrons. The zero-order valence-electron chi connectivity index (χ0n) is 17.4. The summed E-state index contributed by atoms with van der Waals surface area (Å²) in [6.45, 7) is 6.43. The molecule has 0 radical (unpaired) electrons. The van der Waals surface area contributed by atoms with Gasteiger partial charge in [0.2, 0.25) is 0 Å². The molecule has 2 aromatic heterocycles. The summed E-state index contributed by atoms with van der Waals surface area (Å²) >= 11 is 6.68. The number of nitriles is 1. The second-order valence-corrected chi connectivity index (χ2v) is 10.0. The summed E-state index contributed by atoms with van der Waals surface area (Å²) in [4.78, 5) is 24.5. The maximum absolute atomic E-state index is 13.1. The van der Waals surface area contributed by atoms with Crippen LogP contribution in [-0.4, -0.2) is 25.3 Å². The number of aromatic nitrogens is 1. The highest BCUT2D eigenvalue weighted by Crippen LogP contribution is 2.32. The minimum absolute atomic E-state index is 0.00259. The Balaban J connectivity index is 2.04. The molecule has 2 N–H and O–H groups in total. The van der Waals surface area contributed by atoms with Crippen LogP contribution < -0.4 is 10.0 Å². The van der Waals surface area contributed by atoms with E-state index in [1.807, 2.05) is 13.0 Å². The normalized spacial score (nSPS) is 11.1. The summed E-state index contributed by atoms with van der Waals surface area (Å²) in [5, 5.41) is 15.4. The van der Waals surface area contributed by atoms with Crippen LogP contribution in [0.2, 0.25) is 5.02 Å². The Bertz CT molecular complexity index is 1400. The Morgan fingerprint density at radius 1 is 1.22 bits per heavy atom. The van der Waals surface area contributed by atoms with Gasteiger partial charge in [-0.3, -0.25) is 9.59 Å². The SMILES string of the molecule is CC(=O)c1cc(C)cc(C)c1NC(=O)c1sc(C#N)cc1S(=O)(=O)Nc1onc(C)c1Cl. The van der Waals surface area contributed by atoms with E-state index in [2.05, 4.69) is 15.2 Å². The molecule has 0 atom stereocenters. The first kappa shape index (κ1) is 23.5. The fourth-order valence-corrected chi connectivity index (χ4v) is 5.52. The molecule has 0 unspecified atom stereocenters. The fourth-order valence-electron chi connectivity index (χ4n) is 2.97. The number of halogens is 1. The van der Waals surface area contributed by atoms with Crippen molar-refractivity contribution in [1.29, 1.82) is 5.26 Å². The average Bonchev–Trinajstić information content (AvgIpc) is 3.29. The van der Waals surface area contributed by atoms with Crippen LogP contribution in [0.1, 0.15) is 48.7 Å². The first-order valence-corrected chi connectivity index (χ1v) is 11.7. The van der Waals surface area contributed by atoms with Crippen molar-refractivity contribution in [2.75, 3.05) is 10.0 Å². The average molecular weight is 493 g/mol. The molecule has 2 heterocycles. The molecule has 32 heavy (non-hydrogen) atoms. The number of nitrogens with one attached hydrogen (secondary N) is 2. The first-order chi connectivity index (χ1) is 14.9. The number of Topliss-reactive ketones (excluding diaryl/α,β-unsaturated/α-hetero) is 1. The predicted molar refractivity (Wildman–Crippen MR) is 120 cm³/mol. The molecule has 0 bridgehead atoms. The monoisotopic (exact) mass is 492 g/mol. The molecule has 0 saturated carbocycles. The van der Waals surface area contributed by atoms with Gasteiger partial charge in [-0.25, -0.2) is 13.1 Å². The van der Waals surface area contributed by atoms with E-state index in [0.717, 1.165) is 11.6 Å². The maximum Gasteiger partial charge on any atom is 0.267 e. The number of nitrogens with zero attached hydrogens (tertiary/aromatic N) is 2. The first-order valence-electron chi connectivity index (χ1n) is 9.06. The largest absolute Gasteiger partial charge is 0.336 e. The summed E-state index contributed by atoms with van der Waals surface area (Å²) in [6.07, 6.45) is 0. The summed E-state index contributed by atoms with van der Waals surface area (Å²) in [7, 11) is -4.36. The molecule has 3 rings (SSSR count). The van der Waals surface area contributed by atoms with E-state index in [-0.39, 0.29) is 37.8 Å². The molecule has 3 aromatic rings. The van der Waals surface area contributed by atoms with E-state index in [9.17, 15) is 23.3 Å². The van der Waals surface area contributed by atoms with Crippen molar-refractivity contribution >= 4 is 56.2 Å². The second kappa shape index (κ2) is 8.74. The number of ketones is 1. The van der Waals surface area contributed by atoms with Crippen molar-refractivity contribution in [2.24, 2.45) is 0 Å². The third-order valence-corrected chi connectivity index (χ3v) is 7.39. The van der Waals surface area contributed by atoms with Crippen molar-refractivity contribution in [1.82, 2.24) is 5.16 Å². The van der Waals surface area contributed by atoms with Gasteiger partial charge in [-0.1, -0.05) is 22.8 Å². The van der Waals surface area contributed by atoms with Gasteiger partial charge < -0.3 is 9.84 Å². The van der Waals surface area contributed by atoms with Crippen molar-refractivity contribution in [3.63, 3.8) is 0 Å². The molecular weight excluding hydrogens is 476 g/mol. The van der Waals surface area contributed by atoms with Crippen molar-refractivity contribution in [2.45, 2.75) is 32.6 Å². The Morgan fingerprint density at radius 2 is 1.91 bits per heavy atom. The molecule has 0 aliphatic carbocycles. The highest BCUT2D eigenvalue weighted by atomic mass is 35.5. The Hall–Kier alpha value is -3.20. The molecule has 0 aliphatic heterocycles. The van der Waals surface area contributed by atoms with Crippen LogP contribution in [-0.2, 0) is 10.0 Å². The second-order valence-electron chi connectivity index (χ2n) is 6.95. The highest BCUT2D eigenvalue weighted by Gasteiger charge is 2.29. The summed E-state index contributed by atoms with van der Waals surface area (Å²) < 4.78 is 32.9. The number of hydrogen-bond acceptors (Lipinski definition) is 8. The van der Waals surface area contributed by atoms with Gasteiger partial charge in [0, 0.05) is 5.56 Å². The van der Waals surface area contributed by atoms with Crippen molar-refractivity contribution < 1.29 is 22.5 Å². The van der Waals surface area contributed by atoms with Crippen LogP contribution in [0.15, 0.2) is 27.6 Å². The van der Waals surface area contributed by atoms with E-state index in [0.29, 0.717) is 22.5 Å². The topological polar surface area (TPSA) is 142 Å². The number of hydrogen-bond donors (Lipinski definition) is 2. The number of sulfonamides is 1. The van der Waals surface area contributed by atoms with E-state index in [4.69, 9.17) is 16.1 Å². The standard InChI is InChI=1S/C20H17ClN4O5S2/c1-9-5-10(2)17(14(6-9)12(4)26)23-19(27)18-15(7-13(8-22)31-18)32(28,29)25-20-16(21)11(3)24-30-20/h5-7,25H,1-4H3,(H,23,27). The Morgan fingerprint density at radius 3 is 2.47 bits per heavy atom. The summed E-state index contributed by atoms with van der Waals surface area (Å²) in [6, 6.07) is 6.33. The highest BCUT2D eigenvalue weighted by molar-refractivity contribution is 7.93. The smallest absolute Gasteiger partial charge is 0.267 e. The van der Waals surface area contributed by atoms with Gasteiger partial charge in [-0.15, -0.1) is 11.3 Å². The van der Waals surface area contributed by atoms with Gasteiger partial charge in [-0.2, -0.15) is 5.26 Å². The fraction of sp³-hybridized carbons (Fsp3) is 0.200. The Labute approximate surface area is 193 Å². The molecule has 0 spiro atoms. The number of thiophene rings is 1. The van der Waals surface area contributed by atoms with Gasteiger partial charge in [0.25, 0.3) is 21.8 Å². The van der Waals surface area contributed by atoms with Gasteiger partial charge >= 0.3 is 0 Å². The molecule has 9 nitrogen and oxygen atoms in total. The predicted octanol–water partition coefficient (Wildman–Crippen LogP) is 4.44. The number of carbonyl (C=O) groups is 2. The Kier molecular flexibility index (Phi) is 6.41. The molecular formula is C20H17ClN4O5S2. The number of carbonyl (C=O) groups excluding carboxylic acids is 2. The van der Waals surface area contributed by atoms with E-state index in [1.165, 1.54) is 13.8 Å². The molecule has 0 aliphatic rings. The third kappa shape index (κ3) is 4.52. The van der Waals surface area contributed by atoms with Gasteiger partial charge in [0.15, 0.2) is 5.78 Å². The molecule has 0 fully saturated rings.